The highest BCUT2D eigenvalue weighted by molar-refractivity contribution is 5.95. The molecule has 1 atom stereocenters. The zero-order valence-electron chi connectivity index (χ0n) is 16.8. The molecule has 1 aromatic heterocycles. The molecule has 1 aliphatic heterocycles. The Morgan fingerprint density at radius 3 is 2.57 bits per heavy atom. The van der Waals surface area contributed by atoms with Crippen LogP contribution in [-0.4, -0.2) is 54.3 Å². The summed E-state index contributed by atoms with van der Waals surface area (Å²) in [7, 11) is 3.17. The molecular weight excluding hydrogens is 356 g/mol. The minimum Gasteiger partial charge on any atom is -0.464 e. The number of hydrogen-bond donors (Lipinski definition) is 0. The molecule has 28 heavy (non-hydrogen) atoms. The standard InChI is InChI=1S/C22H28N2O4/c1-4-24(15-19-7-5-6-12-28-19)21(25)17-10-8-16(9-11-17)18-13-20(22(26)27-3)23(2)14-18/h8-11,13-14,19H,4-7,12,15H2,1-3H3/t19-/m1/s1. The van der Waals surface area contributed by atoms with Gasteiger partial charge in [0.05, 0.1) is 13.2 Å². The number of esters is 1. The van der Waals surface area contributed by atoms with Crippen LogP contribution in [0.1, 0.15) is 47.0 Å². The Hall–Kier alpha value is -2.60. The molecule has 1 aliphatic rings. The second-order valence-electron chi connectivity index (χ2n) is 7.13. The molecular formula is C22H28N2O4. The lowest BCUT2D eigenvalue weighted by atomic mass is 10.0. The van der Waals surface area contributed by atoms with Gasteiger partial charge in [-0.2, -0.15) is 0 Å². The average molecular weight is 384 g/mol. The van der Waals surface area contributed by atoms with Gasteiger partial charge in [-0.1, -0.05) is 12.1 Å². The number of ether oxygens (including phenoxy) is 2. The van der Waals surface area contributed by atoms with Gasteiger partial charge in [0.2, 0.25) is 0 Å². The average Bonchev–Trinajstić information content (AvgIpc) is 3.13. The summed E-state index contributed by atoms with van der Waals surface area (Å²) in [4.78, 5) is 26.5. The topological polar surface area (TPSA) is 60.8 Å². The molecule has 2 aromatic rings. The third-order valence-corrected chi connectivity index (χ3v) is 5.23. The van der Waals surface area contributed by atoms with Crippen LogP contribution in [0.2, 0.25) is 0 Å². The molecule has 0 spiro atoms. The molecule has 1 saturated heterocycles. The fraction of sp³-hybridized carbons (Fsp3) is 0.455. The van der Waals surface area contributed by atoms with E-state index in [1.165, 1.54) is 7.11 Å². The highest BCUT2D eigenvalue weighted by Gasteiger charge is 2.21. The van der Waals surface area contributed by atoms with E-state index in [2.05, 4.69) is 0 Å². The number of hydrogen-bond acceptors (Lipinski definition) is 4. The molecule has 0 radical (unpaired) electrons. The zero-order valence-corrected chi connectivity index (χ0v) is 16.8. The third-order valence-electron chi connectivity index (χ3n) is 5.23. The molecule has 0 saturated carbocycles. The highest BCUT2D eigenvalue weighted by atomic mass is 16.5. The van der Waals surface area contributed by atoms with E-state index in [4.69, 9.17) is 9.47 Å². The molecule has 0 N–H and O–H groups in total. The summed E-state index contributed by atoms with van der Waals surface area (Å²) < 4.78 is 12.3. The molecule has 0 aliphatic carbocycles. The Balaban J connectivity index is 1.72. The van der Waals surface area contributed by atoms with E-state index in [0.717, 1.165) is 37.0 Å². The van der Waals surface area contributed by atoms with Crippen molar-refractivity contribution in [2.24, 2.45) is 7.05 Å². The van der Waals surface area contributed by atoms with Gasteiger partial charge >= 0.3 is 5.97 Å². The normalized spacial score (nSPS) is 16.6. The molecule has 6 heteroatoms. The minimum atomic E-state index is -0.371. The predicted octanol–water partition coefficient (Wildman–Crippen LogP) is 3.51. The highest BCUT2D eigenvalue weighted by Crippen LogP contribution is 2.23. The maximum absolute atomic E-state index is 12.9. The predicted molar refractivity (Wildman–Crippen MR) is 107 cm³/mol. The number of aromatic nitrogens is 1. The van der Waals surface area contributed by atoms with Crippen molar-refractivity contribution in [2.45, 2.75) is 32.3 Å². The van der Waals surface area contributed by atoms with Crippen molar-refractivity contribution in [3.8, 4) is 11.1 Å². The maximum atomic E-state index is 12.9. The number of carbonyl (C=O) groups excluding carboxylic acids is 2. The molecule has 1 amide bonds. The molecule has 150 valence electrons. The summed E-state index contributed by atoms with van der Waals surface area (Å²) >= 11 is 0. The van der Waals surface area contributed by atoms with Crippen LogP contribution in [0, 0.1) is 0 Å². The van der Waals surface area contributed by atoms with Gasteiger partial charge in [0, 0.05) is 44.1 Å². The Morgan fingerprint density at radius 2 is 1.96 bits per heavy atom. The van der Waals surface area contributed by atoms with Crippen LogP contribution >= 0.6 is 0 Å². The van der Waals surface area contributed by atoms with E-state index >= 15 is 0 Å². The Labute approximate surface area is 166 Å². The van der Waals surface area contributed by atoms with E-state index in [1.54, 1.807) is 17.7 Å². The summed E-state index contributed by atoms with van der Waals surface area (Å²) in [6, 6.07) is 9.30. The summed E-state index contributed by atoms with van der Waals surface area (Å²) in [6.45, 7) is 4.07. The van der Waals surface area contributed by atoms with E-state index in [9.17, 15) is 9.59 Å². The second-order valence-corrected chi connectivity index (χ2v) is 7.13. The van der Waals surface area contributed by atoms with Gasteiger partial charge in [0.1, 0.15) is 5.69 Å². The van der Waals surface area contributed by atoms with Crippen LogP contribution in [0.3, 0.4) is 0 Å². The summed E-state index contributed by atoms with van der Waals surface area (Å²) in [6.07, 6.45) is 5.30. The number of nitrogens with zero attached hydrogens (tertiary/aromatic N) is 2. The van der Waals surface area contributed by atoms with Gasteiger partial charge in [0.15, 0.2) is 0 Å². The van der Waals surface area contributed by atoms with Gasteiger partial charge < -0.3 is 18.9 Å². The van der Waals surface area contributed by atoms with Gasteiger partial charge in [0.25, 0.3) is 5.91 Å². The number of amides is 1. The number of carbonyl (C=O) groups is 2. The summed E-state index contributed by atoms with van der Waals surface area (Å²) in [5.74, 6) is -0.351. The zero-order chi connectivity index (χ0) is 20.1. The van der Waals surface area contributed by atoms with E-state index < -0.39 is 0 Å². The van der Waals surface area contributed by atoms with Crippen molar-refractivity contribution in [1.29, 1.82) is 0 Å². The van der Waals surface area contributed by atoms with Crippen LogP contribution in [0.15, 0.2) is 36.5 Å². The third kappa shape index (κ3) is 4.44. The van der Waals surface area contributed by atoms with Crippen molar-refractivity contribution < 1.29 is 19.1 Å². The largest absolute Gasteiger partial charge is 0.464 e. The van der Waals surface area contributed by atoms with Crippen molar-refractivity contribution in [3.63, 3.8) is 0 Å². The second kappa shape index (κ2) is 9.06. The van der Waals surface area contributed by atoms with Crippen molar-refractivity contribution in [1.82, 2.24) is 9.47 Å². The smallest absolute Gasteiger partial charge is 0.354 e. The van der Waals surface area contributed by atoms with Crippen molar-refractivity contribution >= 4 is 11.9 Å². The monoisotopic (exact) mass is 384 g/mol. The van der Waals surface area contributed by atoms with Gasteiger partial charge in [-0.25, -0.2) is 4.79 Å². The van der Waals surface area contributed by atoms with Gasteiger partial charge in [-0.3, -0.25) is 4.79 Å². The number of benzene rings is 1. The Morgan fingerprint density at radius 1 is 1.21 bits per heavy atom. The lowest BCUT2D eigenvalue weighted by Crippen LogP contribution is -2.39. The van der Waals surface area contributed by atoms with E-state index in [1.807, 2.05) is 42.3 Å². The first-order valence-electron chi connectivity index (χ1n) is 9.79. The number of rotatable bonds is 6. The fourth-order valence-corrected chi connectivity index (χ4v) is 3.57. The fourth-order valence-electron chi connectivity index (χ4n) is 3.57. The number of likely N-dealkylation sites (N-methyl/N-ethyl adjacent to an activating group) is 1. The van der Waals surface area contributed by atoms with Gasteiger partial charge in [-0.15, -0.1) is 0 Å². The number of aryl methyl sites for hydroxylation is 1. The SMILES string of the molecule is CCN(C[C@H]1CCCCO1)C(=O)c1ccc(-c2cc(C(=O)OC)n(C)c2)cc1. The molecule has 0 unspecified atom stereocenters. The molecule has 3 rings (SSSR count). The van der Waals surface area contributed by atoms with Crippen molar-refractivity contribution in [3.05, 3.63) is 47.8 Å². The first-order valence-corrected chi connectivity index (χ1v) is 9.79. The first-order chi connectivity index (χ1) is 13.5. The number of methoxy groups -OCH3 is 1. The van der Waals surface area contributed by atoms with Crippen molar-refractivity contribution in [2.75, 3.05) is 26.8 Å². The lowest BCUT2D eigenvalue weighted by molar-refractivity contribution is -0.00311. The van der Waals surface area contributed by atoms with E-state index in [-0.39, 0.29) is 18.0 Å². The summed E-state index contributed by atoms with van der Waals surface area (Å²) in [5.41, 5.74) is 3.00. The van der Waals surface area contributed by atoms with Crippen LogP contribution in [0.25, 0.3) is 11.1 Å². The molecule has 2 heterocycles. The maximum Gasteiger partial charge on any atom is 0.354 e. The van der Waals surface area contributed by atoms with Crippen LogP contribution in [0.5, 0.6) is 0 Å². The molecule has 0 bridgehead atoms. The Bertz CT molecular complexity index is 820. The quantitative estimate of drug-likeness (QED) is 0.715. The minimum absolute atomic E-state index is 0.0199. The lowest BCUT2D eigenvalue weighted by Gasteiger charge is -2.29. The Kier molecular flexibility index (Phi) is 6.52. The van der Waals surface area contributed by atoms with Gasteiger partial charge in [-0.05, 0) is 49.9 Å². The van der Waals surface area contributed by atoms with E-state index in [0.29, 0.717) is 24.3 Å². The first kappa shape index (κ1) is 20.1. The molecule has 6 nitrogen and oxygen atoms in total. The molecule has 1 fully saturated rings. The van der Waals surface area contributed by atoms with Crippen LogP contribution in [-0.2, 0) is 16.5 Å². The van der Waals surface area contributed by atoms with Crippen LogP contribution in [0.4, 0.5) is 0 Å². The molecule has 1 aromatic carbocycles. The summed E-state index contributed by atoms with van der Waals surface area (Å²) in [5, 5.41) is 0. The van der Waals surface area contributed by atoms with Crippen LogP contribution < -0.4 is 0 Å².